The first kappa shape index (κ1) is 17.9. The van der Waals surface area contributed by atoms with Crippen LogP contribution in [0.5, 0.6) is 5.75 Å². The van der Waals surface area contributed by atoms with Gasteiger partial charge in [0.15, 0.2) is 11.5 Å². The number of nitrogens with one attached hydrogen (secondary N) is 2. The molecule has 1 atom stereocenters. The number of hydrogen-bond acceptors (Lipinski definition) is 6. The molecule has 8 nitrogen and oxygen atoms in total. The van der Waals surface area contributed by atoms with Crippen LogP contribution in [0.1, 0.15) is 36.0 Å². The monoisotopic (exact) mass is 359 g/mol. The van der Waals surface area contributed by atoms with Crippen LogP contribution in [0.15, 0.2) is 34.9 Å². The zero-order valence-corrected chi connectivity index (χ0v) is 14.5. The molecule has 2 N–H and O–H groups in total. The predicted molar refractivity (Wildman–Crippen MR) is 92.9 cm³/mol. The van der Waals surface area contributed by atoms with Crippen molar-refractivity contribution in [1.82, 2.24) is 10.5 Å². The minimum atomic E-state index is -0.296. The standard InChI is InChI=1S/C18H21N3O5/c1-12(22)20-13-4-6-14(7-5-13)25-11-16-9-17(21-26-16)18(23)19-10-15-3-2-8-24-15/h4-7,9,15H,2-3,8,10-11H2,1H3,(H,19,23)(H,20,22)/t15-/m0/s1. The van der Waals surface area contributed by atoms with Gasteiger partial charge in [-0.1, -0.05) is 5.16 Å². The Bertz CT molecular complexity index is 750. The summed E-state index contributed by atoms with van der Waals surface area (Å²) in [5.41, 5.74) is 0.900. The number of amides is 2. The van der Waals surface area contributed by atoms with Crippen molar-refractivity contribution in [3.8, 4) is 5.75 Å². The number of rotatable bonds is 7. The Morgan fingerprint density at radius 2 is 2.12 bits per heavy atom. The van der Waals surface area contributed by atoms with E-state index in [1.807, 2.05) is 0 Å². The first-order chi connectivity index (χ1) is 12.6. The number of aromatic nitrogens is 1. The van der Waals surface area contributed by atoms with E-state index in [0.717, 1.165) is 19.4 Å². The third-order valence-corrected chi connectivity index (χ3v) is 3.86. The maximum atomic E-state index is 12.1. The average molecular weight is 359 g/mol. The zero-order valence-electron chi connectivity index (χ0n) is 14.5. The lowest BCUT2D eigenvalue weighted by Crippen LogP contribution is -2.31. The van der Waals surface area contributed by atoms with Gasteiger partial charge in [0.05, 0.1) is 6.10 Å². The summed E-state index contributed by atoms with van der Waals surface area (Å²) < 4.78 is 16.2. The van der Waals surface area contributed by atoms with Crippen molar-refractivity contribution in [3.05, 3.63) is 41.8 Å². The van der Waals surface area contributed by atoms with Gasteiger partial charge in [-0.05, 0) is 37.1 Å². The fraction of sp³-hybridized carbons (Fsp3) is 0.389. The summed E-state index contributed by atoms with van der Waals surface area (Å²) in [6.45, 7) is 2.81. The highest BCUT2D eigenvalue weighted by Gasteiger charge is 2.18. The Balaban J connectivity index is 1.47. The fourth-order valence-electron chi connectivity index (χ4n) is 2.58. The second-order valence-corrected chi connectivity index (χ2v) is 6.02. The van der Waals surface area contributed by atoms with Crippen LogP contribution >= 0.6 is 0 Å². The molecule has 1 aliphatic rings. The number of carbonyl (C=O) groups excluding carboxylic acids is 2. The highest BCUT2D eigenvalue weighted by atomic mass is 16.5. The van der Waals surface area contributed by atoms with Crippen molar-refractivity contribution >= 4 is 17.5 Å². The normalized spacial score (nSPS) is 16.3. The van der Waals surface area contributed by atoms with Gasteiger partial charge in [-0.3, -0.25) is 9.59 Å². The molecule has 138 valence electrons. The van der Waals surface area contributed by atoms with Crippen molar-refractivity contribution in [2.24, 2.45) is 0 Å². The summed E-state index contributed by atoms with van der Waals surface area (Å²) in [4.78, 5) is 23.0. The molecule has 26 heavy (non-hydrogen) atoms. The summed E-state index contributed by atoms with van der Waals surface area (Å²) in [5, 5.41) is 9.23. The zero-order chi connectivity index (χ0) is 18.4. The van der Waals surface area contributed by atoms with Crippen molar-refractivity contribution in [2.45, 2.75) is 32.5 Å². The van der Waals surface area contributed by atoms with Crippen molar-refractivity contribution in [2.75, 3.05) is 18.5 Å². The number of hydrogen-bond donors (Lipinski definition) is 2. The molecule has 1 saturated heterocycles. The number of nitrogens with zero attached hydrogens (tertiary/aromatic N) is 1. The molecule has 0 aliphatic carbocycles. The Kier molecular flexibility index (Phi) is 5.85. The maximum absolute atomic E-state index is 12.1. The largest absolute Gasteiger partial charge is 0.486 e. The molecule has 1 aromatic heterocycles. The predicted octanol–water partition coefficient (Wildman–Crippen LogP) is 2.12. The Hall–Kier alpha value is -2.87. The van der Waals surface area contributed by atoms with Gasteiger partial charge < -0.3 is 24.6 Å². The van der Waals surface area contributed by atoms with Gasteiger partial charge in [0, 0.05) is 31.8 Å². The van der Waals surface area contributed by atoms with Gasteiger partial charge in [-0.25, -0.2) is 0 Å². The van der Waals surface area contributed by atoms with E-state index in [0.29, 0.717) is 23.7 Å². The van der Waals surface area contributed by atoms with Crippen LogP contribution in [-0.4, -0.2) is 36.2 Å². The summed E-state index contributed by atoms with van der Waals surface area (Å²) in [6.07, 6.45) is 2.06. The second kappa shape index (κ2) is 8.48. The average Bonchev–Trinajstić information content (AvgIpc) is 3.30. The van der Waals surface area contributed by atoms with Gasteiger partial charge in [0.2, 0.25) is 5.91 Å². The molecule has 0 bridgehead atoms. The van der Waals surface area contributed by atoms with Crippen LogP contribution in [0, 0.1) is 0 Å². The van der Waals surface area contributed by atoms with Crippen molar-refractivity contribution in [1.29, 1.82) is 0 Å². The van der Waals surface area contributed by atoms with E-state index in [9.17, 15) is 9.59 Å². The van der Waals surface area contributed by atoms with E-state index in [4.69, 9.17) is 14.0 Å². The van der Waals surface area contributed by atoms with E-state index in [2.05, 4.69) is 15.8 Å². The molecule has 1 fully saturated rings. The summed E-state index contributed by atoms with van der Waals surface area (Å²) in [7, 11) is 0. The molecule has 2 heterocycles. The fourth-order valence-corrected chi connectivity index (χ4v) is 2.58. The van der Waals surface area contributed by atoms with Crippen LogP contribution in [0.3, 0.4) is 0 Å². The van der Waals surface area contributed by atoms with E-state index in [1.165, 1.54) is 6.92 Å². The summed E-state index contributed by atoms with van der Waals surface area (Å²) in [5.74, 6) is 0.624. The quantitative estimate of drug-likeness (QED) is 0.785. The van der Waals surface area contributed by atoms with E-state index >= 15 is 0 Å². The van der Waals surface area contributed by atoms with Gasteiger partial charge in [-0.2, -0.15) is 0 Å². The van der Waals surface area contributed by atoms with Crippen LogP contribution in [0.25, 0.3) is 0 Å². The number of anilines is 1. The topological polar surface area (TPSA) is 103 Å². The Morgan fingerprint density at radius 3 is 2.81 bits per heavy atom. The summed E-state index contributed by atoms with van der Waals surface area (Å²) >= 11 is 0. The van der Waals surface area contributed by atoms with Gasteiger partial charge >= 0.3 is 0 Å². The summed E-state index contributed by atoms with van der Waals surface area (Å²) in [6, 6.07) is 8.49. The molecular formula is C18H21N3O5. The Morgan fingerprint density at radius 1 is 1.31 bits per heavy atom. The second-order valence-electron chi connectivity index (χ2n) is 6.02. The SMILES string of the molecule is CC(=O)Nc1ccc(OCc2cc(C(=O)NC[C@@H]3CCCO3)no2)cc1. The minimum absolute atomic E-state index is 0.0779. The van der Waals surface area contributed by atoms with Gasteiger partial charge in [0.25, 0.3) is 5.91 Å². The van der Waals surface area contributed by atoms with Gasteiger partial charge in [-0.15, -0.1) is 0 Å². The molecule has 0 spiro atoms. The van der Waals surface area contributed by atoms with Crippen LogP contribution < -0.4 is 15.4 Å². The highest BCUT2D eigenvalue weighted by molar-refractivity contribution is 5.92. The van der Waals surface area contributed by atoms with Crippen molar-refractivity contribution in [3.63, 3.8) is 0 Å². The van der Waals surface area contributed by atoms with E-state index < -0.39 is 0 Å². The van der Waals surface area contributed by atoms with Crippen LogP contribution in [-0.2, 0) is 16.1 Å². The third kappa shape index (κ3) is 5.06. The molecule has 2 amide bonds. The van der Waals surface area contributed by atoms with Crippen molar-refractivity contribution < 1.29 is 23.6 Å². The minimum Gasteiger partial charge on any atom is -0.486 e. The molecule has 0 saturated carbocycles. The van der Waals surface area contributed by atoms with E-state index in [1.54, 1.807) is 30.3 Å². The molecule has 8 heteroatoms. The highest BCUT2D eigenvalue weighted by Crippen LogP contribution is 2.17. The molecule has 0 unspecified atom stereocenters. The number of benzene rings is 1. The van der Waals surface area contributed by atoms with Crippen LogP contribution in [0.4, 0.5) is 5.69 Å². The molecule has 2 aromatic rings. The molecule has 1 aliphatic heterocycles. The smallest absolute Gasteiger partial charge is 0.273 e. The number of carbonyl (C=O) groups is 2. The lowest BCUT2D eigenvalue weighted by atomic mass is 10.2. The first-order valence-corrected chi connectivity index (χ1v) is 8.46. The molecule has 1 aromatic carbocycles. The Labute approximate surface area is 150 Å². The van der Waals surface area contributed by atoms with Crippen LogP contribution in [0.2, 0.25) is 0 Å². The first-order valence-electron chi connectivity index (χ1n) is 8.46. The maximum Gasteiger partial charge on any atom is 0.273 e. The lowest BCUT2D eigenvalue weighted by molar-refractivity contribution is -0.114. The molecular weight excluding hydrogens is 338 g/mol. The van der Waals surface area contributed by atoms with Gasteiger partial charge in [0.1, 0.15) is 12.4 Å². The van der Waals surface area contributed by atoms with E-state index in [-0.39, 0.29) is 30.2 Å². The number of ether oxygens (including phenoxy) is 2. The lowest BCUT2D eigenvalue weighted by Gasteiger charge is -2.09. The third-order valence-electron chi connectivity index (χ3n) is 3.86. The molecule has 3 rings (SSSR count). The molecule has 0 radical (unpaired) electrons.